The van der Waals surface area contributed by atoms with Gasteiger partial charge in [0, 0.05) is 11.6 Å². The molecule has 3 aromatic rings. The summed E-state index contributed by atoms with van der Waals surface area (Å²) in [6, 6.07) is 15.9. The molecule has 1 aliphatic heterocycles. The molecule has 1 atom stereocenters. The van der Waals surface area contributed by atoms with Gasteiger partial charge in [-0.2, -0.15) is 4.31 Å². The van der Waals surface area contributed by atoms with Crippen molar-refractivity contribution in [3.8, 4) is 5.75 Å². The Morgan fingerprint density at radius 1 is 1.03 bits per heavy atom. The highest BCUT2D eigenvalue weighted by atomic mass is 35.5. The molecule has 176 valence electrons. The molecule has 0 radical (unpaired) electrons. The van der Waals surface area contributed by atoms with E-state index in [1.807, 2.05) is 0 Å². The first-order chi connectivity index (χ1) is 16.2. The fourth-order valence-electron chi connectivity index (χ4n) is 3.74. The number of imide groups is 1. The first kappa shape index (κ1) is 23.9. The van der Waals surface area contributed by atoms with Crippen LogP contribution in [0.15, 0.2) is 77.7 Å². The molecule has 1 saturated heterocycles. The van der Waals surface area contributed by atoms with Gasteiger partial charge in [-0.1, -0.05) is 29.8 Å². The lowest BCUT2D eigenvalue weighted by Gasteiger charge is -2.27. The normalized spacial score (nSPS) is 16.4. The average molecular weight is 503 g/mol. The minimum Gasteiger partial charge on any atom is -0.497 e. The number of benzene rings is 3. The van der Waals surface area contributed by atoms with E-state index >= 15 is 0 Å². The highest BCUT2D eigenvalue weighted by Gasteiger charge is 2.47. The van der Waals surface area contributed by atoms with E-state index in [0.29, 0.717) is 22.0 Å². The van der Waals surface area contributed by atoms with E-state index in [1.54, 1.807) is 48.5 Å². The number of anilines is 1. The Kier molecular flexibility index (Phi) is 6.70. The Bertz CT molecular complexity index is 1330. The third-order valence-corrected chi connectivity index (χ3v) is 7.74. The maximum atomic E-state index is 13.6. The van der Waals surface area contributed by atoms with Crippen LogP contribution in [0.4, 0.5) is 10.1 Å². The van der Waals surface area contributed by atoms with Crippen LogP contribution in [0, 0.1) is 5.82 Å². The fraction of sp³-hybridized carbons (Fsp3) is 0.167. The Labute approximate surface area is 201 Å². The van der Waals surface area contributed by atoms with Crippen molar-refractivity contribution in [3.63, 3.8) is 0 Å². The van der Waals surface area contributed by atoms with Crippen molar-refractivity contribution in [2.24, 2.45) is 0 Å². The molecular weight excluding hydrogens is 483 g/mol. The number of rotatable bonds is 7. The first-order valence-electron chi connectivity index (χ1n) is 10.2. The van der Waals surface area contributed by atoms with Crippen LogP contribution in [0.3, 0.4) is 0 Å². The number of methoxy groups -OCH3 is 1. The lowest BCUT2D eigenvalue weighted by molar-refractivity contribution is -0.122. The van der Waals surface area contributed by atoms with Gasteiger partial charge in [0.05, 0.1) is 24.1 Å². The van der Waals surface area contributed by atoms with Crippen LogP contribution in [-0.4, -0.2) is 37.7 Å². The highest BCUT2D eigenvalue weighted by Crippen LogP contribution is 2.32. The van der Waals surface area contributed by atoms with Gasteiger partial charge < -0.3 is 4.74 Å². The summed E-state index contributed by atoms with van der Waals surface area (Å²) in [5, 5.41) is 0.311. The summed E-state index contributed by atoms with van der Waals surface area (Å²) < 4.78 is 46.7. The zero-order chi connectivity index (χ0) is 24.5. The van der Waals surface area contributed by atoms with Crippen LogP contribution in [-0.2, 0) is 26.2 Å². The standard InChI is InChI=1S/C24H20ClFN2O5S/c1-33-19-10-8-18(9-11-19)28-23(29)14-22(24(28)30)27(15-16-4-2-3-5-21(16)25)34(31,32)20-12-6-17(26)7-13-20/h2-13,22H,14-15H2,1H3. The van der Waals surface area contributed by atoms with E-state index in [9.17, 15) is 22.4 Å². The number of hydrogen-bond acceptors (Lipinski definition) is 5. The summed E-state index contributed by atoms with van der Waals surface area (Å²) in [6.45, 7) is -0.250. The lowest BCUT2D eigenvalue weighted by Crippen LogP contribution is -2.45. The van der Waals surface area contributed by atoms with Crippen molar-refractivity contribution < 1.29 is 27.1 Å². The second kappa shape index (κ2) is 9.54. The molecule has 1 heterocycles. The molecule has 7 nitrogen and oxygen atoms in total. The van der Waals surface area contributed by atoms with Crippen LogP contribution in [0.2, 0.25) is 5.02 Å². The number of carbonyl (C=O) groups is 2. The summed E-state index contributed by atoms with van der Waals surface area (Å²) in [6.07, 6.45) is -0.351. The molecule has 2 amide bonds. The molecule has 0 bridgehead atoms. The van der Waals surface area contributed by atoms with Crippen LogP contribution in [0.25, 0.3) is 0 Å². The Morgan fingerprint density at radius 2 is 1.68 bits per heavy atom. The van der Waals surface area contributed by atoms with Gasteiger partial charge in [0.2, 0.25) is 15.9 Å². The largest absolute Gasteiger partial charge is 0.497 e. The molecular formula is C24H20ClFN2O5S. The van der Waals surface area contributed by atoms with Crippen molar-refractivity contribution in [2.45, 2.75) is 23.9 Å². The Balaban J connectivity index is 1.75. The molecule has 0 aliphatic carbocycles. The first-order valence-corrected chi connectivity index (χ1v) is 12.1. The van der Waals surface area contributed by atoms with Gasteiger partial charge in [-0.15, -0.1) is 0 Å². The van der Waals surface area contributed by atoms with Crippen molar-refractivity contribution in [1.82, 2.24) is 4.31 Å². The minimum absolute atomic E-state index is 0.205. The third kappa shape index (κ3) is 4.54. The molecule has 0 aromatic heterocycles. The zero-order valence-corrected chi connectivity index (χ0v) is 19.6. The van der Waals surface area contributed by atoms with Crippen LogP contribution in [0.1, 0.15) is 12.0 Å². The number of carbonyl (C=O) groups excluding carboxylic acids is 2. The molecule has 0 saturated carbocycles. The van der Waals surface area contributed by atoms with E-state index in [1.165, 1.54) is 7.11 Å². The number of sulfonamides is 1. The van der Waals surface area contributed by atoms with Crippen LogP contribution >= 0.6 is 11.6 Å². The molecule has 0 N–H and O–H groups in total. The summed E-state index contributed by atoms with van der Waals surface area (Å²) >= 11 is 6.26. The SMILES string of the molecule is COc1ccc(N2C(=O)CC(N(Cc3ccccc3Cl)S(=O)(=O)c3ccc(F)cc3)C2=O)cc1. The van der Waals surface area contributed by atoms with Gasteiger partial charge in [-0.25, -0.2) is 17.7 Å². The molecule has 1 unspecified atom stereocenters. The van der Waals surface area contributed by atoms with Crippen LogP contribution < -0.4 is 9.64 Å². The topological polar surface area (TPSA) is 84.0 Å². The quantitative estimate of drug-likeness (QED) is 0.456. The van der Waals surface area contributed by atoms with Crippen molar-refractivity contribution in [2.75, 3.05) is 12.0 Å². The third-order valence-electron chi connectivity index (χ3n) is 5.51. The van der Waals surface area contributed by atoms with Crippen molar-refractivity contribution in [1.29, 1.82) is 0 Å². The van der Waals surface area contributed by atoms with Gasteiger partial charge in [0.25, 0.3) is 5.91 Å². The summed E-state index contributed by atoms with van der Waals surface area (Å²) in [4.78, 5) is 27.0. The van der Waals surface area contributed by atoms with E-state index in [2.05, 4.69) is 0 Å². The minimum atomic E-state index is -4.30. The van der Waals surface area contributed by atoms with E-state index in [0.717, 1.165) is 33.5 Å². The van der Waals surface area contributed by atoms with E-state index < -0.39 is 33.7 Å². The second-order valence-corrected chi connectivity index (χ2v) is 9.88. The molecule has 1 aliphatic rings. The van der Waals surface area contributed by atoms with Gasteiger partial charge in [-0.05, 0) is 60.2 Å². The molecule has 34 heavy (non-hydrogen) atoms. The fourth-order valence-corrected chi connectivity index (χ4v) is 5.50. The molecule has 3 aromatic carbocycles. The second-order valence-electron chi connectivity index (χ2n) is 7.58. The summed E-state index contributed by atoms with van der Waals surface area (Å²) in [5.74, 6) is -1.29. The molecule has 10 heteroatoms. The maximum absolute atomic E-state index is 13.6. The monoisotopic (exact) mass is 502 g/mol. The number of hydrogen-bond donors (Lipinski definition) is 0. The smallest absolute Gasteiger partial charge is 0.252 e. The summed E-state index contributed by atoms with van der Waals surface area (Å²) in [5.41, 5.74) is 0.758. The average Bonchev–Trinajstić information content (AvgIpc) is 3.12. The van der Waals surface area contributed by atoms with Crippen LogP contribution in [0.5, 0.6) is 5.75 Å². The van der Waals surface area contributed by atoms with Gasteiger partial charge >= 0.3 is 0 Å². The lowest BCUT2D eigenvalue weighted by atomic mass is 10.2. The van der Waals surface area contributed by atoms with Crippen molar-refractivity contribution >= 4 is 39.1 Å². The zero-order valence-electron chi connectivity index (χ0n) is 18.0. The maximum Gasteiger partial charge on any atom is 0.252 e. The van der Waals surface area contributed by atoms with E-state index in [-0.39, 0.29) is 17.9 Å². The summed E-state index contributed by atoms with van der Waals surface area (Å²) in [7, 11) is -2.81. The molecule has 4 rings (SSSR count). The predicted molar refractivity (Wildman–Crippen MR) is 124 cm³/mol. The number of halogens is 2. The highest BCUT2D eigenvalue weighted by molar-refractivity contribution is 7.89. The molecule has 0 spiro atoms. The van der Waals surface area contributed by atoms with E-state index in [4.69, 9.17) is 16.3 Å². The number of amides is 2. The van der Waals surface area contributed by atoms with Gasteiger partial charge in [0.1, 0.15) is 17.6 Å². The number of ether oxygens (including phenoxy) is 1. The van der Waals surface area contributed by atoms with Gasteiger partial charge in [0.15, 0.2) is 0 Å². The Morgan fingerprint density at radius 3 is 2.29 bits per heavy atom. The molecule has 1 fully saturated rings. The van der Waals surface area contributed by atoms with Crippen molar-refractivity contribution in [3.05, 3.63) is 89.2 Å². The van der Waals surface area contributed by atoms with Gasteiger partial charge in [-0.3, -0.25) is 9.59 Å². The predicted octanol–water partition coefficient (Wildman–Crippen LogP) is 4.01. The Hall–Kier alpha value is -3.27. The number of nitrogens with zero attached hydrogens (tertiary/aromatic N) is 2.